The number of rotatable bonds is 12. The minimum absolute atomic E-state index is 0.0243. The second kappa shape index (κ2) is 13.3. The summed E-state index contributed by atoms with van der Waals surface area (Å²) >= 11 is 6.25. The molecule has 0 saturated carbocycles. The van der Waals surface area contributed by atoms with Gasteiger partial charge in [-0.15, -0.1) is 0 Å². The molecule has 41 heavy (non-hydrogen) atoms. The van der Waals surface area contributed by atoms with E-state index in [0.29, 0.717) is 28.5 Å². The van der Waals surface area contributed by atoms with Gasteiger partial charge in [0.25, 0.3) is 0 Å². The van der Waals surface area contributed by atoms with Gasteiger partial charge in [-0.2, -0.15) is 0 Å². The molecule has 0 radical (unpaired) electrons. The number of carbonyl (C=O) groups is 2. The standard InChI is InChI=1S/C30H34ClN3O6S/c1-4-21(2)32-30(36)26(16-22-9-6-5-7-10-22)33(18-23-11-8-12-24(31)15-23)29(35)19-34(41(3,37)38)25-13-14-27-28(17-25)40-20-39-27/h5-15,17,21,26H,4,16,18-20H2,1-3H3,(H,32,36)/t21-,26-/m1/s1. The second-order valence-electron chi connectivity index (χ2n) is 9.98. The van der Waals surface area contributed by atoms with Crippen molar-refractivity contribution in [1.82, 2.24) is 10.2 Å². The smallest absolute Gasteiger partial charge is 0.244 e. The molecule has 0 unspecified atom stereocenters. The van der Waals surface area contributed by atoms with Gasteiger partial charge in [-0.3, -0.25) is 13.9 Å². The third-order valence-corrected chi connectivity index (χ3v) is 8.21. The lowest BCUT2D eigenvalue weighted by atomic mass is 10.0. The molecule has 0 saturated heterocycles. The van der Waals surface area contributed by atoms with Crippen LogP contribution in [-0.2, 0) is 32.6 Å². The molecule has 1 N–H and O–H groups in total. The van der Waals surface area contributed by atoms with Gasteiger partial charge in [0.1, 0.15) is 12.6 Å². The third kappa shape index (κ3) is 7.92. The van der Waals surface area contributed by atoms with E-state index in [-0.39, 0.29) is 37.4 Å². The first kappa shape index (κ1) is 30.2. The highest BCUT2D eigenvalue weighted by atomic mass is 35.5. The molecule has 0 aromatic heterocycles. The fourth-order valence-electron chi connectivity index (χ4n) is 4.48. The van der Waals surface area contributed by atoms with E-state index in [1.54, 1.807) is 30.3 Å². The van der Waals surface area contributed by atoms with Crippen molar-refractivity contribution in [3.8, 4) is 11.5 Å². The molecule has 1 heterocycles. The number of anilines is 1. The van der Waals surface area contributed by atoms with Crippen LogP contribution in [-0.4, -0.2) is 56.8 Å². The zero-order valence-corrected chi connectivity index (χ0v) is 24.8. The molecule has 1 aliphatic rings. The lowest BCUT2D eigenvalue weighted by molar-refractivity contribution is -0.140. The molecular formula is C30H34ClN3O6S. The SMILES string of the molecule is CC[C@@H](C)NC(=O)[C@@H](Cc1ccccc1)N(Cc1cccc(Cl)c1)C(=O)CN(c1ccc2c(c1)OCO2)S(C)(=O)=O. The van der Waals surface area contributed by atoms with E-state index in [2.05, 4.69) is 5.32 Å². The summed E-state index contributed by atoms with van der Waals surface area (Å²) in [6.45, 7) is 3.40. The molecule has 3 aromatic rings. The molecular weight excluding hydrogens is 566 g/mol. The Morgan fingerprint density at radius 2 is 1.68 bits per heavy atom. The van der Waals surface area contributed by atoms with Gasteiger partial charge in [0.05, 0.1) is 11.9 Å². The molecule has 2 atom stereocenters. The van der Waals surface area contributed by atoms with Crippen molar-refractivity contribution in [2.24, 2.45) is 0 Å². The van der Waals surface area contributed by atoms with E-state index in [4.69, 9.17) is 21.1 Å². The third-order valence-electron chi connectivity index (χ3n) is 6.84. The summed E-state index contributed by atoms with van der Waals surface area (Å²) in [5.74, 6) is -0.00381. The number of ether oxygens (including phenoxy) is 2. The van der Waals surface area contributed by atoms with Gasteiger partial charge in [-0.05, 0) is 48.7 Å². The highest BCUT2D eigenvalue weighted by Crippen LogP contribution is 2.36. The van der Waals surface area contributed by atoms with Gasteiger partial charge in [-0.25, -0.2) is 8.42 Å². The van der Waals surface area contributed by atoms with Crippen LogP contribution < -0.4 is 19.1 Å². The Bertz CT molecular complexity index is 1480. The van der Waals surface area contributed by atoms with E-state index in [1.807, 2.05) is 50.2 Å². The maximum Gasteiger partial charge on any atom is 0.244 e. The van der Waals surface area contributed by atoms with Crippen molar-refractivity contribution in [2.45, 2.75) is 45.3 Å². The van der Waals surface area contributed by atoms with Gasteiger partial charge in [0, 0.05) is 30.1 Å². The van der Waals surface area contributed by atoms with Crippen molar-refractivity contribution in [2.75, 3.05) is 23.9 Å². The van der Waals surface area contributed by atoms with Crippen LogP contribution in [0.15, 0.2) is 72.8 Å². The highest BCUT2D eigenvalue weighted by molar-refractivity contribution is 7.92. The van der Waals surface area contributed by atoms with Gasteiger partial charge >= 0.3 is 0 Å². The van der Waals surface area contributed by atoms with Crippen LogP contribution in [0.2, 0.25) is 5.02 Å². The molecule has 218 valence electrons. The number of hydrogen-bond donors (Lipinski definition) is 1. The monoisotopic (exact) mass is 599 g/mol. The van der Waals surface area contributed by atoms with Gasteiger partial charge < -0.3 is 19.7 Å². The molecule has 0 fully saturated rings. The summed E-state index contributed by atoms with van der Waals surface area (Å²) < 4.78 is 37.7. The first-order valence-corrected chi connectivity index (χ1v) is 15.5. The van der Waals surface area contributed by atoms with Crippen molar-refractivity contribution >= 4 is 39.1 Å². The van der Waals surface area contributed by atoms with Crippen LogP contribution >= 0.6 is 11.6 Å². The highest BCUT2D eigenvalue weighted by Gasteiger charge is 2.34. The average molecular weight is 600 g/mol. The minimum atomic E-state index is -3.90. The van der Waals surface area contributed by atoms with E-state index >= 15 is 0 Å². The van der Waals surface area contributed by atoms with Crippen molar-refractivity contribution in [1.29, 1.82) is 0 Å². The predicted octanol–water partition coefficient (Wildman–Crippen LogP) is 4.39. The molecule has 9 nitrogen and oxygen atoms in total. The maximum atomic E-state index is 14.1. The number of nitrogens with zero attached hydrogens (tertiary/aromatic N) is 2. The Kier molecular flexibility index (Phi) is 9.77. The van der Waals surface area contributed by atoms with Crippen LogP contribution in [0.3, 0.4) is 0 Å². The molecule has 0 aliphatic carbocycles. The molecule has 0 bridgehead atoms. The number of sulfonamides is 1. The number of halogens is 1. The van der Waals surface area contributed by atoms with Crippen LogP contribution in [0, 0.1) is 0 Å². The number of nitrogens with one attached hydrogen (secondary N) is 1. The number of fused-ring (bicyclic) bond motifs is 1. The summed E-state index contributed by atoms with van der Waals surface area (Å²) in [5.41, 5.74) is 1.81. The lowest BCUT2D eigenvalue weighted by Crippen LogP contribution is -2.54. The van der Waals surface area contributed by atoms with Gasteiger partial charge in [0.2, 0.25) is 28.6 Å². The number of carbonyl (C=O) groups excluding carboxylic acids is 2. The topological polar surface area (TPSA) is 105 Å². The Morgan fingerprint density at radius 1 is 0.976 bits per heavy atom. The summed E-state index contributed by atoms with van der Waals surface area (Å²) in [6, 6.07) is 20.0. The van der Waals surface area contributed by atoms with Crippen molar-refractivity contribution in [3.05, 3.63) is 88.9 Å². The number of benzene rings is 3. The summed E-state index contributed by atoms with van der Waals surface area (Å²) in [6.07, 6.45) is 1.97. The number of hydrogen-bond acceptors (Lipinski definition) is 6. The van der Waals surface area contributed by atoms with Crippen LogP contribution in [0.5, 0.6) is 11.5 Å². The molecule has 2 amide bonds. The Labute approximate surface area is 246 Å². The fraction of sp³-hybridized carbons (Fsp3) is 0.333. The Morgan fingerprint density at radius 3 is 2.37 bits per heavy atom. The Balaban J connectivity index is 1.73. The zero-order valence-electron chi connectivity index (χ0n) is 23.2. The molecule has 11 heteroatoms. The predicted molar refractivity (Wildman–Crippen MR) is 159 cm³/mol. The van der Waals surface area contributed by atoms with Crippen molar-refractivity contribution < 1.29 is 27.5 Å². The summed E-state index contributed by atoms with van der Waals surface area (Å²) in [5, 5.41) is 3.49. The summed E-state index contributed by atoms with van der Waals surface area (Å²) in [4.78, 5) is 29.3. The number of amides is 2. The summed E-state index contributed by atoms with van der Waals surface area (Å²) in [7, 11) is -3.90. The van der Waals surface area contributed by atoms with E-state index in [0.717, 1.165) is 16.1 Å². The van der Waals surface area contributed by atoms with Crippen LogP contribution in [0.25, 0.3) is 0 Å². The van der Waals surface area contributed by atoms with E-state index < -0.39 is 28.5 Å². The van der Waals surface area contributed by atoms with Gasteiger partial charge in [0.15, 0.2) is 11.5 Å². The van der Waals surface area contributed by atoms with Crippen LogP contribution in [0.4, 0.5) is 5.69 Å². The molecule has 3 aromatic carbocycles. The second-order valence-corrected chi connectivity index (χ2v) is 12.3. The zero-order chi connectivity index (χ0) is 29.6. The maximum absolute atomic E-state index is 14.1. The first-order chi connectivity index (χ1) is 19.5. The normalized spacial score (nSPS) is 13.8. The Hall–Kier alpha value is -3.76. The van der Waals surface area contributed by atoms with Crippen LogP contribution in [0.1, 0.15) is 31.4 Å². The molecule has 4 rings (SSSR count). The average Bonchev–Trinajstić information content (AvgIpc) is 3.41. The fourth-order valence-corrected chi connectivity index (χ4v) is 5.54. The largest absolute Gasteiger partial charge is 0.454 e. The van der Waals surface area contributed by atoms with Crippen molar-refractivity contribution in [3.63, 3.8) is 0 Å². The van der Waals surface area contributed by atoms with Gasteiger partial charge in [-0.1, -0.05) is 61.0 Å². The minimum Gasteiger partial charge on any atom is -0.454 e. The van der Waals surface area contributed by atoms with E-state index in [9.17, 15) is 18.0 Å². The first-order valence-electron chi connectivity index (χ1n) is 13.3. The molecule has 1 aliphatic heterocycles. The van der Waals surface area contributed by atoms with E-state index in [1.165, 1.54) is 11.0 Å². The lowest BCUT2D eigenvalue weighted by Gasteiger charge is -2.34. The quantitative estimate of drug-likeness (QED) is 0.331. The molecule has 0 spiro atoms.